The number of nitrogens with one attached hydrogen (secondary N) is 2. The second-order valence-electron chi connectivity index (χ2n) is 5.69. The molecule has 0 atom stereocenters. The first kappa shape index (κ1) is 25.1. The van der Waals surface area contributed by atoms with Crippen LogP contribution in [0.4, 0.5) is 0 Å². The molecule has 0 aromatic heterocycles. The number of nitrogens with zero attached hydrogens (tertiary/aromatic N) is 2. The molecule has 0 heterocycles. The summed E-state index contributed by atoms with van der Waals surface area (Å²) >= 11 is 0. The maximum atomic E-state index is 11.6. The van der Waals surface area contributed by atoms with Crippen LogP contribution in [0, 0.1) is 0 Å². The molecule has 0 unspecified atom stereocenters. The number of halogens is 1. The fourth-order valence-electron chi connectivity index (χ4n) is 2.25. The smallest absolute Gasteiger partial charge is 0.223 e. The van der Waals surface area contributed by atoms with Gasteiger partial charge in [0.05, 0.1) is 27.9 Å². The number of methoxy groups -OCH3 is 3. The Morgan fingerprint density at radius 2 is 1.67 bits per heavy atom. The Morgan fingerprint density at radius 3 is 2.11 bits per heavy atom. The monoisotopic (exact) mass is 494 g/mol. The number of aliphatic imine (C=N–C) groups is 1. The predicted molar refractivity (Wildman–Crippen MR) is 118 cm³/mol. The molecule has 0 bridgehead atoms. The van der Waals surface area contributed by atoms with E-state index in [1.54, 1.807) is 40.3 Å². The molecule has 0 aliphatic carbocycles. The number of ether oxygens (including phenoxy) is 3. The molecule has 1 aromatic carbocycles. The van der Waals surface area contributed by atoms with E-state index in [4.69, 9.17) is 14.2 Å². The van der Waals surface area contributed by atoms with E-state index in [0.717, 1.165) is 12.1 Å². The molecule has 9 heteroatoms. The molecular formula is C18H31IN4O4. The Morgan fingerprint density at radius 1 is 1.07 bits per heavy atom. The molecule has 1 rings (SSSR count). The van der Waals surface area contributed by atoms with Crippen molar-refractivity contribution in [1.29, 1.82) is 0 Å². The average molecular weight is 494 g/mol. The third-order valence-electron chi connectivity index (χ3n) is 3.62. The van der Waals surface area contributed by atoms with Gasteiger partial charge in [-0.2, -0.15) is 0 Å². The predicted octanol–water partition coefficient (Wildman–Crippen LogP) is 1.86. The van der Waals surface area contributed by atoms with Crippen LogP contribution < -0.4 is 24.8 Å². The van der Waals surface area contributed by atoms with Crippen molar-refractivity contribution >= 4 is 35.8 Å². The van der Waals surface area contributed by atoms with Gasteiger partial charge in [-0.1, -0.05) is 0 Å². The van der Waals surface area contributed by atoms with E-state index >= 15 is 0 Å². The molecule has 1 aromatic rings. The number of guanidine groups is 1. The van der Waals surface area contributed by atoms with Gasteiger partial charge in [-0.15, -0.1) is 24.0 Å². The van der Waals surface area contributed by atoms with Crippen LogP contribution in [0.3, 0.4) is 0 Å². The Balaban J connectivity index is 0.00000676. The van der Waals surface area contributed by atoms with Gasteiger partial charge >= 0.3 is 0 Å². The van der Waals surface area contributed by atoms with E-state index in [1.165, 1.54) is 0 Å². The first-order chi connectivity index (χ1) is 12.5. The zero-order valence-electron chi connectivity index (χ0n) is 16.9. The maximum absolute atomic E-state index is 11.6. The van der Waals surface area contributed by atoms with E-state index in [0.29, 0.717) is 42.7 Å². The molecule has 0 saturated carbocycles. The van der Waals surface area contributed by atoms with Gasteiger partial charge < -0.3 is 29.7 Å². The zero-order chi connectivity index (χ0) is 19.5. The Bertz CT molecular complexity index is 598. The molecule has 8 nitrogen and oxygen atoms in total. The van der Waals surface area contributed by atoms with Gasteiger partial charge in [0.2, 0.25) is 11.7 Å². The summed E-state index contributed by atoms with van der Waals surface area (Å²) in [6.45, 7) is 3.65. The van der Waals surface area contributed by atoms with Crippen LogP contribution in [-0.4, -0.2) is 65.3 Å². The van der Waals surface area contributed by atoms with E-state index in [2.05, 4.69) is 15.6 Å². The van der Waals surface area contributed by atoms with Crippen LogP contribution in [0.25, 0.3) is 0 Å². The normalized spacial score (nSPS) is 10.5. The first-order valence-electron chi connectivity index (χ1n) is 8.48. The van der Waals surface area contributed by atoms with Gasteiger partial charge in [0.1, 0.15) is 0 Å². The van der Waals surface area contributed by atoms with Crippen LogP contribution in [0.15, 0.2) is 17.1 Å². The fourth-order valence-corrected chi connectivity index (χ4v) is 2.25. The molecule has 27 heavy (non-hydrogen) atoms. The minimum absolute atomic E-state index is 0. The summed E-state index contributed by atoms with van der Waals surface area (Å²) in [6, 6.07) is 3.73. The minimum Gasteiger partial charge on any atom is -0.493 e. The lowest BCUT2D eigenvalue weighted by atomic mass is 10.2. The lowest BCUT2D eigenvalue weighted by Crippen LogP contribution is -2.39. The molecule has 0 radical (unpaired) electrons. The lowest BCUT2D eigenvalue weighted by molar-refractivity contribution is -0.128. The number of carbonyl (C=O) groups is 1. The largest absolute Gasteiger partial charge is 0.493 e. The second-order valence-corrected chi connectivity index (χ2v) is 5.69. The molecule has 2 N–H and O–H groups in total. The molecule has 154 valence electrons. The number of benzene rings is 1. The van der Waals surface area contributed by atoms with Crippen molar-refractivity contribution in [2.24, 2.45) is 4.99 Å². The Kier molecular flexibility index (Phi) is 12.3. The highest BCUT2D eigenvalue weighted by Gasteiger charge is 2.13. The molecular weight excluding hydrogens is 463 g/mol. The zero-order valence-corrected chi connectivity index (χ0v) is 19.2. The van der Waals surface area contributed by atoms with E-state index in [1.807, 2.05) is 19.1 Å². The van der Waals surface area contributed by atoms with Crippen LogP contribution >= 0.6 is 24.0 Å². The molecule has 0 aliphatic rings. The SMILES string of the molecule is CCNC(=NCc1cc(OC)c(OC)c(OC)c1)NCCC(=O)N(C)C.I. The van der Waals surface area contributed by atoms with Crippen molar-refractivity contribution in [3.63, 3.8) is 0 Å². The van der Waals surface area contributed by atoms with E-state index < -0.39 is 0 Å². The fraction of sp³-hybridized carbons (Fsp3) is 0.556. The van der Waals surface area contributed by atoms with Crippen LogP contribution in [0.5, 0.6) is 17.2 Å². The summed E-state index contributed by atoms with van der Waals surface area (Å²) in [5, 5.41) is 6.32. The Hall–Kier alpha value is -1.91. The lowest BCUT2D eigenvalue weighted by Gasteiger charge is -2.15. The summed E-state index contributed by atoms with van der Waals surface area (Å²) in [5.74, 6) is 2.44. The molecule has 1 amide bonds. The van der Waals surface area contributed by atoms with Gasteiger partial charge in [-0.25, -0.2) is 4.99 Å². The number of carbonyl (C=O) groups excluding carboxylic acids is 1. The van der Waals surface area contributed by atoms with Crippen LogP contribution in [0.1, 0.15) is 18.9 Å². The van der Waals surface area contributed by atoms with Gasteiger partial charge in [0.25, 0.3) is 0 Å². The van der Waals surface area contributed by atoms with Crippen molar-refractivity contribution < 1.29 is 19.0 Å². The average Bonchev–Trinajstić information content (AvgIpc) is 2.64. The third kappa shape index (κ3) is 8.10. The second kappa shape index (κ2) is 13.3. The van der Waals surface area contributed by atoms with Gasteiger partial charge in [-0.05, 0) is 24.6 Å². The van der Waals surface area contributed by atoms with Crippen molar-refractivity contribution in [3.05, 3.63) is 17.7 Å². The number of hydrogen-bond donors (Lipinski definition) is 2. The third-order valence-corrected chi connectivity index (χ3v) is 3.62. The van der Waals surface area contributed by atoms with Crippen molar-refractivity contribution in [3.8, 4) is 17.2 Å². The summed E-state index contributed by atoms with van der Waals surface area (Å²) in [5.41, 5.74) is 0.918. The van der Waals surface area contributed by atoms with Crippen LogP contribution in [-0.2, 0) is 11.3 Å². The summed E-state index contributed by atoms with van der Waals surface area (Å²) in [4.78, 5) is 17.8. The van der Waals surface area contributed by atoms with Crippen molar-refractivity contribution in [2.45, 2.75) is 19.9 Å². The summed E-state index contributed by atoms with van der Waals surface area (Å²) < 4.78 is 16.0. The van der Waals surface area contributed by atoms with Crippen molar-refractivity contribution in [1.82, 2.24) is 15.5 Å². The quantitative estimate of drug-likeness (QED) is 0.310. The highest BCUT2D eigenvalue weighted by molar-refractivity contribution is 14.0. The highest BCUT2D eigenvalue weighted by Crippen LogP contribution is 2.38. The Labute approximate surface area is 178 Å². The molecule has 0 spiro atoms. The summed E-state index contributed by atoms with van der Waals surface area (Å²) in [6.07, 6.45) is 0.404. The molecule has 0 saturated heterocycles. The number of hydrogen-bond acceptors (Lipinski definition) is 5. The minimum atomic E-state index is 0. The van der Waals surface area contributed by atoms with Crippen molar-refractivity contribution in [2.75, 3.05) is 48.5 Å². The van der Waals surface area contributed by atoms with Gasteiger partial charge in [-0.3, -0.25) is 4.79 Å². The number of rotatable bonds is 9. The first-order valence-corrected chi connectivity index (χ1v) is 8.48. The van der Waals surface area contributed by atoms with Gasteiger partial charge in [0, 0.05) is 33.6 Å². The maximum Gasteiger partial charge on any atom is 0.223 e. The molecule has 0 fully saturated rings. The topological polar surface area (TPSA) is 84.4 Å². The highest BCUT2D eigenvalue weighted by atomic mass is 127. The summed E-state index contributed by atoms with van der Waals surface area (Å²) in [7, 11) is 8.22. The van der Waals surface area contributed by atoms with Crippen LogP contribution in [0.2, 0.25) is 0 Å². The van der Waals surface area contributed by atoms with E-state index in [9.17, 15) is 4.79 Å². The standard InChI is InChI=1S/C18H30N4O4.HI/c1-7-19-18(20-9-8-16(23)22(2)3)21-12-13-10-14(24-4)17(26-6)15(11-13)25-5;/h10-11H,7-9,12H2,1-6H3,(H2,19,20,21);1H. The number of amides is 1. The molecule has 0 aliphatic heterocycles. The van der Waals surface area contributed by atoms with E-state index in [-0.39, 0.29) is 29.9 Å². The van der Waals surface area contributed by atoms with Gasteiger partial charge in [0.15, 0.2) is 17.5 Å².